The van der Waals surface area contributed by atoms with Crippen LogP contribution >= 0.6 is 0 Å². The van der Waals surface area contributed by atoms with Crippen molar-refractivity contribution in [3.05, 3.63) is 46.8 Å². The molecule has 1 atom stereocenters. The van der Waals surface area contributed by atoms with Gasteiger partial charge < -0.3 is 10.1 Å². The lowest BCUT2D eigenvalue weighted by molar-refractivity contribution is -0.121. The number of benzene rings is 1. The highest BCUT2D eigenvalue weighted by molar-refractivity contribution is 5.76. The topological polar surface area (TPSA) is 59.4 Å². The van der Waals surface area contributed by atoms with Gasteiger partial charge in [-0.1, -0.05) is 31.5 Å². The normalized spacial score (nSPS) is 16.6. The Hall–Kier alpha value is -2.34. The minimum atomic E-state index is 0.0848. The Labute approximate surface area is 180 Å². The van der Waals surface area contributed by atoms with Crippen LogP contribution in [0.15, 0.2) is 24.3 Å². The van der Waals surface area contributed by atoms with E-state index in [1.807, 2.05) is 17.7 Å². The molecule has 0 fully saturated rings. The minimum absolute atomic E-state index is 0.0848. The van der Waals surface area contributed by atoms with Crippen LogP contribution in [0.4, 0.5) is 0 Å². The number of aromatic nitrogens is 2. The fourth-order valence-electron chi connectivity index (χ4n) is 4.14. The molecule has 2 heterocycles. The number of nitrogens with zero attached hydrogens (tertiary/aromatic N) is 3. The molecule has 0 saturated carbocycles. The van der Waals surface area contributed by atoms with Crippen molar-refractivity contribution in [2.24, 2.45) is 0 Å². The number of nitrogens with one attached hydrogen (secondary N) is 1. The molecule has 0 spiro atoms. The van der Waals surface area contributed by atoms with Crippen LogP contribution in [0.1, 0.15) is 62.0 Å². The number of fused-ring (bicyclic) bond motifs is 1. The van der Waals surface area contributed by atoms with E-state index in [0.717, 1.165) is 68.1 Å². The molecule has 30 heavy (non-hydrogen) atoms. The van der Waals surface area contributed by atoms with Crippen molar-refractivity contribution in [2.75, 3.05) is 13.1 Å². The highest BCUT2D eigenvalue weighted by Crippen LogP contribution is 2.26. The first kappa shape index (κ1) is 22.3. The van der Waals surface area contributed by atoms with E-state index in [-0.39, 0.29) is 12.0 Å². The Kier molecular flexibility index (Phi) is 7.91. The van der Waals surface area contributed by atoms with Gasteiger partial charge in [-0.25, -0.2) is 0 Å². The third kappa shape index (κ3) is 5.63. The summed E-state index contributed by atoms with van der Waals surface area (Å²) in [4.78, 5) is 14.9. The molecule has 1 N–H and O–H groups in total. The maximum absolute atomic E-state index is 12.5. The largest absolute Gasteiger partial charge is 0.489 e. The minimum Gasteiger partial charge on any atom is -0.489 e. The second-order valence-corrected chi connectivity index (χ2v) is 8.22. The summed E-state index contributed by atoms with van der Waals surface area (Å²) >= 11 is 0. The number of hydrogen-bond donors (Lipinski definition) is 1. The molecular formula is C24H36N4O2. The molecule has 1 unspecified atom stereocenters. The first-order valence-corrected chi connectivity index (χ1v) is 11.3. The number of para-hydroxylation sites is 1. The molecular weight excluding hydrogens is 376 g/mol. The molecule has 2 aromatic rings. The molecule has 1 aromatic heterocycles. The van der Waals surface area contributed by atoms with Gasteiger partial charge in [-0.3, -0.25) is 14.4 Å². The fourth-order valence-corrected chi connectivity index (χ4v) is 4.14. The predicted octanol–water partition coefficient (Wildman–Crippen LogP) is 3.98. The van der Waals surface area contributed by atoms with Crippen LogP contribution in [-0.4, -0.2) is 39.8 Å². The Morgan fingerprint density at radius 2 is 2.07 bits per heavy atom. The highest BCUT2D eigenvalue weighted by Gasteiger charge is 2.23. The van der Waals surface area contributed by atoms with Crippen LogP contribution in [0, 0.1) is 13.8 Å². The maximum Gasteiger partial charge on any atom is 0.221 e. The average molecular weight is 413 g/mol. The summed E-state index contributed by atoms with van der Waals surface area (Å²) in [6.45, 7) is 12.2. The molecule has 6 heteroatoms. The van der Waals surface area contributed by atoms with Crippen molar-refractivity contribution in [3.8, 4) is 5.75 Å². The predicted molar refractivity (Wildman–Crippen MR) is 119 cm³/mol. The molecule has 0 aliphatic carbocycles. The van der Waals surface area contributed by atoms with Crippen LogP contribution < -0.4 is 10.1 Å². The van der Waals surface area contributed by atoms with Gasteiger partial charge in [0.15, 0.2) is 0 Å². The van der Waals surface area contributed by atoms with Crippen LogP contribution in [0.5, 0.6) is 5.75 Å². The molecule has 0 saturated heterocycles. The van der Waals surface area contributed by atoms with Gasteiger partial charge in [-0.2, -0.15) is 5.10 Å². The van der Waals surface area contributed by atoms with Crippen LogP contribution in [0.3, 0.4) is 0 Å². The van der Waals surface area contributed by atoms with E-state index in [9.17, 15) is 4.79 Å². The van der Waals surface area contributed by atoms with Crippen molar-refractivity contribution in [2.45, 2.75) is 79.1 Å². The number of ether oxygens (including phenoxy) is 1. The van der Waals surface area contributed by atoms with Gasteiger partial charge in [0.1, 0.15) is 11.9 Å². The molecule has 1 aromatic carbocycles. The summed E-state index contributed by atoms with van der Waals surface area (Å²) in [5.41, 5.74) is 4.46. The zero-order valence-electron chi connectivity index (χ0n) is 18.9. The van der Waals surface area contributed by atoms with E-state index in [2.05, 4.69) is 54.3 Å². The molecule has 3 rings (SSSR count). The van der Waals surface area contributed by atoms with Crippen molar-refractivity contribution in [1.82, 2.24) is 20.0 Å². The number of hydrogen-bond acceptors (Lipinski definition) is 4. The van der Waals surface area contributed by atoms with Crippen molar-refractivity contribution in [1.29, 1.82) is 0 Å². The van der Waals surface area contributed by atoms with E-state index in [0.29, 0.717) is 13.0 Å². The molecule has 0 radical (unpaired) electrons. The number of rotatable bonds is 9. The van der Waals surface area contributed by atoms with E-state index < -0.39 is 0 Å². The Morgan fingerprint density at radius 3 is 2.80 bits per heavy atom. The molecule has 6 nitrogen and oxygen atoms in total. The standard InChI is InChI=1S/C24H36N4O2/c1-5-7-11-21-17-27(16-20-10-8-9-12-23(20)30-21)14-13-24(29)25-15-22-18(3)26-28(6-2)19(22)4/h8-10,12,21H,5-7,11,13-17H2,1-4H3,(H,25,29). The van der Waals surface area contributed by atoms with Crippen molar-refractivity contribution < 1.29 is 9.53 Å². The SMILES string of the molecule is CCCCC1CN(CCC(=O)NCc2c(C)nn(CC)c2C)Cc2ccccc2O1. The van der Waals surface area contributed by atoms with Gasteiger partial charge in [0, 0.05) is 56.0 Å². The molecule has 0 bridgehead atoms. The molecule has 164 valence electrons. The van der Waals surface area contributed by atoms with E-state index in [1.165, 1.54) is 5.56 Å². The number of carbonyl (C=O) groups is 1. The Balaban J connectivity index is 1.56. The lowest BCUT2D eigenvalue weighted by Gasteiger charge is -2.23. The smallest absolute Gasteiger partial charge is 0.221 e. The molecule has 1 aliphatic rings. The second kappa shape index (κ2) is 10.6. The lowest BCUT2D eigenvalue weighted by atomic mass is 10.1. The van der Waals surface area contributed by atoms with Crippen LogP contribution in [0.2, 0.25) is 0 Å². The summed E-state index contributed by atoms with van der Waals surface area (Å²) in [6, 6.07) is 8.28. The van der Waals surface area contributed by atoms with Gasteiger partial charge in [0.25, 0.3) is 0 Å². The molecule has 1 aliphatic heterocycles. The zero-order chi connectivity index (χ0) is 21.5. The average Bonchev–Trinajstić information content (AvgIpc) is 2.91. The van der Waals surface area contributed by atoms with E-state index >= 15 is 0 Å². The van der Waals surface area contributed by atoms with Gasteiger partial charge in [-0.15, -0.1) is 0 Å². The van der Waals surface area contributed by atoms with Crippen LogP contribution in [-0.2, 0) is 24.4 Å². The van der Waals surface area contributed by atoms with E-state index in [4.69, 9.17) is 4.74 Å². The summed E-state index contributed by atoms with van der Waals surface area (Å²) in [6.07, 6.45) is 4.04. The fraction of sp³-hybridized carbons (Fsp3) is 0.583. The lowest BCUT2D eigenvalue weighted by Crippen LogP contribution is -2.36. The first-order valence-electron chi connectivity index (χ1n) is 11.3. The van der Waals surface area contributed by atoms with Crippen LogP contribution in [0.25, 0.3) is 0 Å². The summed E-state index contributed by atoms with van der Waals surface area (Å²) < 4.78 is 8.28. The maximum atomic E-state index is 12.5. The quantitative estimate of drug-likeness (QED) is 0.677. The third-order valence-corrected chi connectivity index (χ3v) is 5.95. The number of carbonyl (C=O) groups excluding carboxylic acids is 1. The third-order valence-electron chi connectivity index (χ3n) is 5.95. The summed E-state index contributed by atoms with van der Waals surface area (Å²) in [5.74, 6) is 1.08. The van der Waals surface area contributed by atoms with Gasteiger partial charge >= 0.3 is 0 Å². The van der Waals surface area contributed by atoms with Crippen molar-refractivity contribution >= 4 is 5.91 Å². The number of aryl methyl sites for hydroxylation is 2. The van der Waals surface area contributed by atoms with Crippen molar-refractivity contribution in [3.63, 3.8) is 0 Å². The van der Waals surface area contributed by atoms with E-state index in [1.54, 1.807) is 0 Å². The Bertz CT molecular complexity index is 846. The van der Waals surface area contributed by atoms with Gasteiger partial charge in [-0.05, 0) is 39.7 Å². The first-order chi connectivity index (χ1) is 14.5. The zero-order valence-corrected chi connectivity index (χ0v) is 18.9. The summed E-state index contributed by atoms with van der Waals surface area (Å²) in [5, 5.41) is 7.62. The number of amides is 1. The highest BCUT2D eigenvalue weighted by atomic mass is 16.5. The van der Waals surface area contributed by atoms with Gasteiger partial charge in [0.05, 0.1) is 5.69 Å². The Morgan fingerprint density at radius 1 is 1.27 bits per heavy atom. The van der Waals surface area contributed by atoms with Gasteiger partial charge in [0.2, 0.25) is 5.91 Å². The second-order valence-electron chi connectivity index (χ2n) is 8.22. The molecule has 1 amide bonds. The monoisotopic (exact) mass is 412 g/mol. The number of unbranched alkanes of at least 4 members (excludes halogenated alkanes) is 1. The summed E-state index contributed by atoms with van der Waals surface area (Å²) in [7, 11) is 0.